The first-order valence-corrected chi connectivity index (χ1v) is 6.19. The number of Topliss-reactive ketones (excluding diaryl/α,β-unsaturated/α-hetero) is 1. The van der Waals surface area contributed by atoms with Gasteiger partial charge in [-0.2, -0.15) is 0 Å². The Morgan fingerprint density at radius 1 is 1.35 bits per heavy atom. The van der Waals surface area contributed by atoms with Gasteiger partial charge in [0.05, 0.1) is 13.0 Å². The van der Waals surface area contributed by atoms with Gasteiger partial charge in [0, 0.05) is 12.1 Å². The van der Waals surface area contributed by atoms with Gasteiger partial charge in [-0.1, -0.05) is 37.6 Å². The van der Waals surface area contributed by atoms with Crippen LogP contribution in [0.4, 0.5) is 0 Å². The lowest BCUT2D eigenvalue weighted by molar-refractivity contribution is 0.1000. The third-order valence-electron chi connectivity index (χ3n) is 2.89. The fraction of sp³-hybridized carbons (Fsp3) is 0.429. The van der Waals surface area contributed by atoms with Crippen LogP contribution in [0.15, 0.2) is 29.3 Å². The van der Waals surface area contributed by atoms with Gasteiger partial charge in [0.1, 0.15) is 5.84 Å². The van der Waals surface area contributed by atoms with Crippen molar-refractivity contribution in [1.29, 1.82) is 0 Å². The Hall–Kier alpha value is -1.64. The van der Waals surface area contributed by atoms with Crippen LogP contribution >= 0.6 is 0 Å². The molecule has 0 fully saturated rings. The largest absolute Gasteiger partial charge is 0.372 e. The van der Waals surface area contributed by atoms with Crippen LogP contribution in [0.25, 0.3) is 0 Å². The van der Waals surface area contributed by atoms with Gasteiger partial charge in [0.15, 0.2) is 5.78 Å². The van der Waals surface area contributed by atoms with Crippen LogP contribution in [0.2, 0.25) is 0 Å². The highest BCUT2D eigenvalue weighted by Gasteiger charge is 2.12. The van der Waals surface area contributed by atoms with Gasteiger partial charge in [-0.05, 0) is 12.0 Å². The zero-order valence-corrected chi connectivity index (χ0v) is 10.2. The summed E-state index contributed by atoms with van der Waals surface area (Å²) < 4.78 is 0. The fourth-order valence-electron chi connectivity index (χ4n) is 1.97. The van der Waals surface area contributed by atoms with Gasteiger partial charge in [0.25, 0.3) is 0 Å². The zero-order valence-electron chi connectivity index (χ0n) is 10.2. The van der Waals surface area contributed by atoms with Crippen molar-refractivity contribution in [2.45, 2.75) is 26.2 Å². The molecule has 1 aromatic carbocycles. The number of nitrogens with zero attached hydrogens (tertiary/aromatic N) is 1. The van der Waals surface area contributed by atoms with E-state index in [-0.39, 0.29) is 5.78 Å². The van der Waals surface area contributed by atoms with E-state index in [9.17, 15) is 4.79 Å². The van der Waals surface area contributed by atoms with Crippen LogP contribution in [0.3, 0.4) is 0 Å². The number of amidine groups is 1. The summed E-state index contributed by atoms with van der Waals surface area (Å²) in [4.78, 5) is 16.2. The van der Waals surface area contributed by atoms with Gasteiger partial charge in [0.2, 0.25) is 0 Å². The Morgan fingerprint density at radius 2 is 2.12 bits per heavy atom. The van der Waals surface area contributed by atoms with Gasteiger partial charge >= 0.3 is 0 Å². The van der Waals surface area contributed by atoms with Crippen molar-refractivity contribution in [2.75, 3.05) is 13.1 Å². The van der Waals surface area contributed by atoms with Gasteiger partial charge < -0.3 is 5.32 Å². The van der Waals surface area contributed by atoms with E-state index in [2.05, 4.69) is 17.2 Å². The standard InChI is InChI=1S/C14H18N2O/c1-2-3-11-4-6-12(7-5-11)13(17)10-14-15-8-9-16-14/h4-7H,2-3,8-10H2,1H3,(H,15,16). The lowest BCUT2D eigenvalue weighted by atomic mass is 10.0. The molecule has 90 valence electrons. The van der Waals surface area contributed by atoms with Gasteiger partial charge in [-0.3, -0.25) is 9.79 Å². The average molecular weight is 230 g/mol. The van der Waals surface area contributed by atoms with E-state index in [0.29, 0.717) is 6.42 Å². The van der Waals surface area contributed by atoms with Crippen molar-refractivity contribution < 1.29 is 4.79 Å². The van der Waals surface area contributed by atoms with E-state index in [1.165, 1.54) is 5.56 Å². The van der Waals surface area contributed by atoms with Gasteiger partial charge in [-0.15, -0.1) is 0 Å². The van der Waals surface area contributed by atoms with E-state index < -0.39 is 0 Å². The number of hydrogen-bond donors (Lipinski definition) is 1. The molecule has 3 heteroatoms. The average Bonchev–Trinajstić information content (AvgIpc) is 2.83. The Morgan fingerprint density at radius 3 is 2.71 bits per heavy atom. The molecule has 0 bridgehead atoms. The summed E-state index contributed by atoms with van der Waals surface area (Å²) in [6.07, 6.45) is 2.60. The maximum absolute atomic E-state index is 11.9. The predicted octanol–water partition coefficient (Wildman–Crippen LogP) is 2.21. The Bertz CT molecular complexity index is 420. The highest BCUT2D eigenvalue weighted by molar-refractivity contribution is 6.09. The molecule has 0 saturated carbocycles. The molecule has 1 aliphatic rings. The first kappa shape index (κ1) is 11.8. The molecule has 3 nitrogen and oxygen atoms in total. The number of benzene rings is 1. The second kappa shape index (κ2) is 5.62. The quantitative estimate of drug-likeness (QED) is 0.788. The minimum absolute atomic E-state index is 0.140. The molecule has 0 unspecified atom stereocenters. The van der Waals surface area contributed by atoms with Crippen LogP contribution < -0.4 is 5.32 Å². The Labute approximate surface area is 102 Å². The normalized spacial score (nSPS) is 14.3. The molecule has 0 spiro atoms. The molecule has 1 aliphatic heterocycles. The number of aliphatic imine (C=N–C) groups is 1. The molecular formula is C14H18N2O. The van der Waals surface area contributed by atoms with E-state index >= 15 is 0 Å². The Kier molecular flexibility index (Phi) is 3.91. The number of carbonyl (C=O) groups excluding carboxylic acids is 1. The summed E-state index contributed by atoms with van der Waals surface area (Å²) >= 11 is 0. The lowest BCUT2D eigenvalue weighted by Crippen LogP contribution is -2.21. The first-order chi connectivity index (χ1) is 8.29. The van der Waals surface area contributed by atoms with Crippen molar-refractivity contribution in [3.05, 3.63) is 35.4 Å². The molecule has 0 saturated heterocycles. The van der Waals surface area contributed by atoms with Gasteiger partial charge in [-0.25, -0.2) is 0 Å². The zero-order chi connectivity index (χ0) is 12.1. The van der Waals surface area contributed by atoms with Crippen molar-refractivity contribution in [3.8, 4) is 0 Å². The number of ketones is 1. The third-order valence-corrected chi connectivity index (χ3v) is 2.89. The molecule has 1 N–H and O–H groups in total. The third kappa shape index (κ3) is 3.16. The molecule has 0 aliphatic carbocycles. The SMILES string of the molecule is CCCc1ccc(C(=O)CC2=NCCN2)cc1. The van der Waals surface area contributed by atoms with E-state index in [1.54, 1.807) is 0 Å². The Balaban J connectivity index is 1.98. The monoisotopic (exact) mass is 230 g/mol. The van der Waals surface area contributed by atoms with Crippen molar-refractivity contribution in [1.82, 2.24) is 5.32 Å². The van der Waals surface area contributed by atoms with Crippen LogP contribution in [0.1, 0.15) is 35.7 Å². The molecule has 0 radical (unpaired) electrons. The molecule has 0 amide bonds. The summed E-state index contributed by atoms with van der Waals surface area (Å²) in [6, 6.07) is 7.92. The summed E-state index contributed by atoms with van der Waals surface area (Å²) in [5.41, 5.74) is 2.07. The highest BCUT2D eigenvalue weighted by atomic mass is 16.1. The molecular weight excluding hydrogens is 212 g/mol. The topological polar surface area (TPSA) is 41.5 Å². The van der Waals surface area contributed by atoms with Crippen LogP contribution in [0.5, 0.6) is 0 Å². The maximum Gasteiger partial charge on any atom is 0.170 e. The molecule has 17 heavy (non-hydrogen) atoms. The van der Waals surface area contributed by atoms with Crippen LogP contribution in [-0.2, 0) is 6.42 Å². The number of nitrogens with one attached hydrogen (secondary N) is 1. The molecule has 1 aromatic rings. The van der Waals surface area contributed by atoms with Crippen molar-refractivity contribution >= 4 is 11.6 Å². The minimum atomic E-state index is 0.140. The second-order valence-corrected chi connectivity index (χ2v) is 4.30. The lowest BCUT2D eigenvalue weighted by Gasteiger charge is -2.03. The molecule has 2 rings (SSSR count). The van der Waals surface area contributed by atoms with Crippen molar-refractivity contribution in [3.63, 3.8) is 0 Å². The number of aryl methyl sites for hydroxylation is 1. The summed E-state index contributed by atoms with van der Waals surface area (Å²) in [5.74, 6) is 0.967. The summed E-state index contributed by atoms with van der Waals surface area (Å²) in [7, 11) is 0. The molecule has 0 aromatic heterocycles. The molecule has 0 atom stereocenters. The number of carbonyl (C=O) groups is 1. The second-order valence-electron chi connectivity index (χ2n) is 4.30. The van der Waals surface area contributed by atoms with E-state index in [4.69, 9.17) is 0 Å². The maximum atomic E-state index is 11.9. The fourth-order valence-corrected chi connectivity index (χ4v) is 1.97. The predicted molar refractivity (Wildman–Crippen MR) is 69.7 cm³/mol. The van der Waals surface area contributed by atoms with E-state index in [0.717, 1.165) is 37.3 Å². The number of hydrogen-bond acceptors (Lipinski definition) is 3. The summed E-state index contributed by atoms with van der Waals surface area (Å²) in [6.45, 7) is 3.80. The summed E-state index contributed by atoms with van der Waals surface area (Å²) in [5, 5.41) is 3.12. The minimum Gasteiger partial charge on any atom is -0.372 e. The number of rotatable bonds is 5. The molecule has 1 heterocycles. The van der Waals surface area contributed by atoms with Crippen LogP contribution in [0, 0.1) is 0 Å². The highest BCUT2D eigenvalue weighted by Crippen LogP contribution is 2.09. The first-order valence-electron chi connectivity index (χ1n) is 6.19. The van der Waals surface area contributed by atoms with Crippen molar-refractivity contribution in [2.24, 2.45) is 4.99 Å². The van der Waals surface area contributed by atoms with E-state index in [1.807, 2.05) is 24.3 Å². The smallest absolute Gasteiger partial charge is 0.170 e. The van der Waals surface area contributed by atoms with Crippen LogP contribution in [-0.4, -0.2) is 24.7 Å².